The fraction of sp³-hybridized carbons (Fsp3) is 0.0588. The minimum Gasteiger partial charge on any atom is -1.00 e. The van der Waals surface area contributed by atoms with Crippen LogP contribution in [0, 0.1) is 6.08 Å². The molecule has 0 spiro atoms. The molecule has 110 valence electrons. The minimum atomic E-state index is -0.398. The molecule has 5 heteroatoms. The smallest absolute Gasteiger partial charge is 1.00 e. The van der Waals surface area contributed by atoms with E-state index in [1.165, 1.54) is 16.1 Å². The van der Waals surface area contributed by atoms with Gasteiger partial charge >= 0.3 is 26.2 Å². The molecule has 4 rings (SSSR count). The van der Waals surface area contributed by atoms with Crippen molar-refractivity contribution >= 4 is 18.5 Å². The van der Waals surface area contributed by atoms with Gasteiger partial charge in [-0.3, -0.25) is 6.08 Å². The quantitative estimate of drug-likeness (QED) is 0.468. The van der Waals surface area contributed by atoms with E-state index in [0.29, 0.717) is 0 Å². The molecule has 1 aliphatic rings. The predicted molar refractivity (Wildman–Crippen MR) is 83.0 cm³/mol. The molecule has 1 unspecified atom stereocenters. The number of halogens is 2. The minimum absolute atomic E-state index is 0. The standard InChI is InChI=1S/C12H9NP.C5H5.2ClH.Zr/c1-2-5-11-9-12(8-10(11)4-1)14-7-3-6-13-14;1-2-4-5-3-1;;;/h1-9H;1-3H,4H2;2*1H;/q2*-1;;;+4/p-2. The van der Waals surface area contributed by atoms with Gasteiger partial charge in [0.15, 0.2) is 0 Å². The molecule has 1 atom stereocenters. The first-order valence-electron chi connectivity index (χ1n) is 6.31. The first kappa shape index (κ1) is 21.5. The van der Waals surface area contributed by atoms with Crippen LogP contribution in [0.1, 0.15) is 6.42 Å². The van der Waals surface area contributed by atoms with Crippen LogP contribution in [0.25, 0.3) is 16.1 Å². The Balaban J connectivity index is 0.000000482. The number of allylic oxidation sites excluding steroid dienone is 4. The van der Waals surface area contributed by atoms with Crippen LogP contribution in [0.15, 0.2) is 72.7 Å². The Morgan fingerprint density at radius 1 is 1.14 bits per heavy atom. The van der Waals surface area contributed by atoms with Gasteiger partial charge in [-0.2, -0.15) is 12.1 Å². The van der Waals surface area contributed by atoms with Crippen molar-refractivity contribution in [3.8, 4) is 5.30 Å². The van der Waals surface area contributed by atoms with Crippen molar-refractivity contribution in [2.45, 2.75) is 6.42 Å². The summed E-state index contributed by atoms with van der Waals surface area (Å²) < 4.78 is 4.43. The number of hydrogen-bond donors (Lipinski definition) is 0. The van der Waals surface area contributed by atoms with Crippen molar-refractivity contribution < 1.29 is 51.0 Å². The summed E-state index contributed by atoms with van der Waals surface area (Å²) in [5, 5.41) is 3.99. The summed E-state index contributed by atoms with van der Waals surface area (Å²) in [5.74, 6) is 2.18. The number of benzene rings is 1. The Kier molecular flexibility index (Phi) is 10.8. The van der Waals surface area contributed by atoms with E-state index in [-0.39, 0.29) is 51.0 Å². The van der Waals surface area contributed by atoms with Crippen molar-refractivity contribution in [1.29, 1.82) is 0 Å². The molecule has 1 heterocycles. The largest absolute Gasteiger partial charge is 4.00 e. The van der Waals surface area contributed by atoms with Gasteiger partial charge < -0.3 is 24.8 Å². The number of nitrogens with zero attached hydrogens (tertiary/aromatic N) is 1. The molecular formula is C17H14Cl2NPZr. The van der Waals surface area contributed by atoms with Gasteiger partial charge in [-0.05, 0) is 19.6 Å². The van der Waals surface area contributed by atoms with Gasteiger partial charge in [-0.1, -0.05) is 11.4 Å². The molecule has 0 N–H and O–H groups in total. The Bertz CT molecular complexity index is 674. The summed E-state index contributed by atoms with van der Waals surface area (Å²) in [7, 11) is -0.398. The summed E-state index contributed by atoms with van der Waals surface area (Å²) in [6.07, 6.45) is 11.9. The van der Waals surface area contributed by atoms with Crippen LogP contribution in [0.4, 0.5) is 0 Å². The van der Waals surface area contributed by atoms with Crippen LogP contribution < -0.4 is 24.8 Å². The molecule has 0 fully saturated rings. The third-order valence-electron chi connectivity index (χ3n) is 2.96. The van der Waals surface area contributed by atoms with Gasteiger partial charge in [0.2, 0.25) is 0 Å². The summed E-state index contributed by atoms with van der Waals surface area (Å²) in [5.41, 5.74) is 0. The summed E-state index contributed by atoms with van der Waals surface area (Å²) in [6, 6.07) is 15.0. The topological polar surface area (TPSA) is 12.9 Å². The molecule has 1 aromatic heterocycles. The first-order chi connectivity index (χ1) is 9.43. The van der Waals surface area contributed by atoms with Gasteiger partial charge in [0.25, 0.3) is 0 Å². The van der Waals surface area contributed by atoms with Crippen molar-refractivity contribution in [2.24, 2.45) is 0 Å². The van der Waals surface area contributed by atoms with Gasteiger partial charge in [0.1, 0.15) is 0 Å². The third kappa shape index (κ3) is 5.60. The number of aromatic nitrogens is 1. The number of hydrogen-bond acceptors (Lipinski definition) is 1. The molecule has 0 amide bonds. The average Bonchev–Trinajstić information content (AvgIpc) is 3.20. The maximum absolute atomic E-state index is 4.43. The van der Waals surface area contributed by atoms with Crippen LogP contribution in [0.3, 0.4) is 0 Å². The molecule has 22 heavy (non-hydrogen) atoms. The van der Waals surface area contributed by atoms with E-state index in [2.05, 4.69) is 59.1 Å². The third-order valence-corrected chi connectivity index (χ3v) is 4.58. The zero-order valence-corrected chi connectivity index (χ0v) is 16.6. The SMILES string of the molecule is [C-]1=CC=CC1.[Cl-].[Cl-].[Zr+4].c1ccc2[cH-]c(-p3cccn3)cc2c1. The van der Waals surface area contributed by atoms with Gasteiger partial charge in [0, 0.05) is 6.20 Å². The number of rotatable bonds is 1. The monoisotopic (exact) mass is 423 g/mol. The van der Waals surface area contributed by atoms with E-state index >= 15 is 0 Å². The first-order valence-corrected chi connectivity index (χ1v) is 7.67. The Labute approximate surface area is 164 Å². The van der Waals surface area contributed by atoms with E-state index in [9.17, 15) is 0 Å². The van der Waals surface area contributed by atoms with E-state index < -0.39 is 7.69 Å². The van der Waals surface area contributed by atoms with Gasteiger partial charge in [0.05, 0.1) is 0 Å². The second kappa shape index (κ2) is 11.1. The molecule has 0 saturated heterocycles. The zero-order valence-electron chi connectivity index (χ0n) is 11.8. The molecule has 0 bridgehead atoms. The van der Waals surface area contributed by atoms with Crippen LogP contribution in [-0.4, -0.2) is 4.75 Å². The summed E-state index contributed by atoms with van der Waals surface area (Å²) >= 11 is 0. The molecule has 0 aliphatic heterocycles. The van der Waals surface area contributed by atoms with Crippen LogP contribution >= 0.6 is 7.69 Å². The van der Waals surface area contributed by atoms with E-state index in [1.54, 1.807) is 0 Å². The molecule has 1 nitrogen and oxygen atoms in total. The van der Waals surface area contributed by atoms with Crippen molar-refractivity contribution in [3.05, 3.63) is 78.8 Å². The van der Waals surface area contributed by atoms with E-state index in [1.807, 2.05) is 24.4 Å². The molecule has 0 radical (unpaired) electrons. The molecule has 0 saturated carbocycles. The summed E-state index contributed by atoms with van der Waals surface area (Å²) in [4.78, 5) is 0. The maximum Gasteiger partial charge on any atom is 4.00 e. The average molecular weight is 425 g/mol. The molecule has 1 aliphatic carbocycles. The Morgan fingerprint density at radius 3 is 2.50 bits per heavy atom. The van der Waals surface area contributed by atoms with Crippen LogP contribution in [0.2, 0.25) is 0 Å². The Hall–Kier alpha value is -0.517. The van der Waals surface area contributed by atoms with Gasteiger partial charge in [-0.25, -0.2) is 16.9 Å². The van der Waals surface area contributed by atoms with Crippen LogP contribution in [-0.2, 0) is 26.2 Å². The number of fused-ring (bicyclic) bond motifs is 1. The second-order valence-corrected chi connectivity index (χ2v) is 6.03. The second-order valence-electron chi connectivity index (χ2n) is 4.30. The fourth-order valence-corrected chi connectivity index (χ4v) is 3.41. The van der Waals surface area contributed by atoms with Crippen molar-refractivity contribution in [3.63, 3.8) is 0 Å². The van der Waals surface area contributed by atoms with E-state index in [4.69, 9.17) is 0 Å². The molecular weight excluding hydrogens is 411 g/mol. The predicted octanol–water partition coefficient (Wildman–Crippen LogP) is -0.759. The van der Waals surface area contributed by atoms with Crippen molar-refractivity contribution in [1.82, 2.24) is 4.75 Å². The van der Waals surface area contributed by atoms with Crippen LogP contribution in [0.5, 0.6) is 0 Å². The van der Waals surface area contributed by atoms with Gasteiger partial charge in [-0.15, -0.1) is 41.5 Å². The Morgan fingerprint density at radius 2 is 1.95 bits per heavy atom. The zero-order chi connectivity index (χ0) is 12.9. The molecule has 2 aromatic carbocycles. The fourth-order valence-electron chi connectivity index (χ4n) is 2.03. The maximum atomic E-state index is 4.43. The van der Waals surface area contributed by atoms with E-state index in [0.717, 1.165) is 6.42 Å². The summed E-state index contributed by atoms with van der Waals surface area (Å²) in [6.45, 7) is 0. The molecule has 3 aromatic rings. The normalized spacial score (nSPS) is 11.7. The van der Waals surface area contributed by atoms with Crippen molar-refractivity contribution in [2.75, 3.05) is 0 Å².